The molecule has 2 aromatic heterocycles. The van der Waals surface area contributed by atoms with Gasteiger partial charge in [0.2, 0.25) is 0 Å². The van der Waals surface area contributed by atoms with Crippen LogP contribution in [0.4, 0.5) is 10.2 Å². The van der Waals surface area contributed by atoms with Crippen LogP contribution < -0.4 is 5.73 Å². The summed E-state index contributed by atoms with van der Waals surface area (Å²) in [5, 5.41) is 35.3. The Labute approximate surface area is 337 Å². The van der Waals surface area contributed by atoms with E-state index >= 15 is 0 Å². The van der Waals surface area contributed by atoms with Crippen LogP contribution in [0.5, 0.6) is 0 Å². The number of nitrogen functional groups attached to an aromatic ring is 1. The summed E-state index contributed by atoms with van der Waals surface area (Å²) in [6.07, 6.45) is 20.9. The van der Waals surface area contributed by atoms with Crippen LogP contribution in [0.25, 0.3) is 5.52 Å². The maximum atomic E-state index is 14.1. The summed E-state index contributed by atoms with van der Waals surface area (Å²) in [6.45, 7) is 2.78. The number of anilines is 1. The number of unbranched alkanes of at least 4 members (excludes halogenated alkanes) is 14. The van der Waals surface area contributed by atoms with Gasteiger partial charge >= 0.3 is 7.82 Å². The molecule has 57 heavy (non-hydrogen) atoms. The van der Waals surface area contributed by atoms with Crippen LogP contribution in [0.3, 0.4) is 0 Å². The van der Waals surface area contributed by atoms with Crippen LogP contribution in [0.1, 0.15) is 146 Å². The predicted octanol–water partition coefficient (Wildman–Crippen LogP) is 8.80. The van der Waals surface area contributed by atoms with Gasteiger partial charge < -0.3 is 30.3 Å². The molecule has 0 bridgehead atoms. The minimum absolute atomic E-state index is 0.0341. The largest absolute Gasteiger partial charge is 0.472 e. The second-order valence-corrected chi connectivity index (χ2v) is 16.8. The predicted molar refractivity (Wildman–Crippen MR) is 216 cm³/mol. The van der Waals surface area contributed by atoms with Crippen molar-refractivity contribution in [1.29, 1.82) is 5.26 Å². The molecule has 3 aromatic rings. The zero-order valence-electron chi connectivity index (χ0n) is 33.6. The Bertz CT molecular complexity index is 1770. The molecule has 5 N–H and O–H groups in total. The van der Waals surface area contributed by atoms with Gasteiger partial charge in [0.05, 0.1) is 43.3 Å². The van der Waals surface area contributed by atoms with Gasteiger partial charge in [-0.1, -0.05) is 96.1 Å². The minimum Gasteiger partial charge on any atom is -0.387 e. The summed E-state index contributed by atoms with van der Waals surface area (Å²) in [7, 11) is -4.71. The lowest BCUT2D eigenvalue weighted by atomic mass is 9.97. The SMILES string of the molecule is CCCCCCCC/C=C/CCCCCCCCCC[C@H](COP(=O)(O)OC[C@@]1(C)O[C@@H](c2ccc3c(N)ncnn23)[C@H](O)[C@@H]1O)OCc1cc(F)cc(C#N)c1. The van der Waals surface area contributed by atoms with Gasteiger partial charge in [0, 0.05) is 0 Å². The second kappa shape index (κ2) is 24.0. The number of phosphoric ester groups is 1. The minimum atomic E-state index is -4.71. The first kappa shape index (κ1) is 46.4. The van der Waals surface area contributed by atoms with E-state index in [1.807, 2.05) is 6.07 Å². The van der Waals surface area contributed by atoms with Crippen molar-refractivity contribution in [2.75, 3.05) is 18.9 Å². The Morgan fingerprint density at radius 1 is 1.00 bits per heavy atom. The van der Waals surface area contributed by atoms with Gasteiger partial charge in [-0.3, -0.25) is 9.05 Å². The van der Waals surface area contributed by atoms with E-state index < -0.39 is 50.3 Å². The van der Waals surface area contributed by atoms with E-state index in [1.165, 1.54) is 101 Å². The molecule has 1 saturated heterocycles. The number of halogens is 1. The number of hydrogen-bond donors (Lipinski definition) is 4. The van der Waals surface area contributed by atoms with Crippen LogP contribution in [-0.4, -0.2) is 66.8 Å². The number of allylic oxidation sites excluding steroid dienone is 2. The van der Waals surface area contributed by atoms with Gasteiger partial charge in [-0.25, -0.2) is 18.5 Å². The number of aromatic nitrogens is 3. The average molecular weight is 816 g/mol. The summed E-state index contributed by atoms with van der Waals surface area (Å²) in [6, 6.07) is 9.17. The standard InChI is InChI=1S/C42H63FN5O8P/c1-3-4-5-6-7-8-9-10-11-12-13-14-15-16-17-18-19-20-21-35(53-28-33-24-32(27-44)25-34(43)26-33)29-54-57(51,52)55-30-42(2)40(50)38(49)39(56-42)36-22-23-37-41(45)46-31-47-48(36)37/h10-11,22-26,31,35,38-40,49-50H,3-9,12-21,28-30H2,1-2H3,(H,51,52)(H2,45,46,47)/b11-10+/t35-,38+,39+,40+,42-/m1/s1. The number of phosphoric acid groups is 1. The molecule has 6 atom stereocenters. The van der Waals surface area contributed by atoms with Crippen molar-refractivity contribution in [3.05, 3.63) is 71.4 Å². The van der Waals surface area contributed by atoms with Crippen LogP contribution in [-0.2, 0) is 29.7 Å². The molecule has 1 aliphatic rings. The third kappa shape index (κ3) is 15.1. The fraction of sp³-hybridized carbons (Fsp3) is 0.643. The smallest absolute Gasteiger partial charge is 0.387 e. The number of nitrogens with zero attached hydrogens (tertiary/aromatic N) is 4. The number of nitriles is 1. The normalized spacial score (nSPS) is 21.3. The highest BCUT2D eigenvalue weighted by molar-refractivity contribution is 7.47. The van der Waals surface area contributed by atoms with Crippen molar-refractivity contribution in [2.24, 2.45) is 0 Å². The first-order valence-electron chi connectivity index (χ1n) is 20.7. The Kier molecular flexibility index (Phi) is 19.5. The van der Waals surface area contributed by atoms with Crippen molar-refractivity contribution < 1.29 is 42.6 Å². The maximum Gasteiger partial charge on any atom is 0.472 e. The Hall–Kier alpha value is -3.25. The lowest BCUT2D eigenvalue weighted by molar-refractivity contribution is -0.101. The van der Waals surface area contributed by atoms with Crippen molar-refractivity contribution in [2.45, 2.75) is 160 Å². The molecule has 13 nitrogen and oxygen atoms in total. The topological polar surface area (TPSA) is 195 Å². The monoisotopic (exact) mass is 815 g/mol. The van der Waals surface area contributed by atoms with E-state index in [0.717, 1.165) is 38.2 Å². The number of rotatable bonds is 28. The maximum absolute atomic E-state index is 14.1. The Morgan fingerprint density at radius 3 is 2.32 bits per heavy atom. The number of fused-ring (bicyclic) bond motifs is 1. The van der Waals surface area contributed by atoms with E-state index in [9.17, 15) is 29.3 Å². The lowest BCUT2D eigenvalue weighted by Gasteiger charge is -2.28. The molecule has 3 heterocycles. The van der Waals surface area contributed by atoms with Gasteiger partial charge in [-0.05, 0) is 74.9 Å². The zero-order chi connectivity index (χ0) is 41.1. The molecular weight excluding hydrogens is 752 g/mol. The van der Waals surface area contributed by atoms with Crippen LogP contribution in [0.2, 0.25) is 0 Å². The van der Waals surface area contributed by atoms with Gasteiger partial charge in [0.15, 0.2) is 5.82 Å². The van der Waals surface area contributed by atoms with E-state index in [1.54, 1.807) is 12.1 Å². The van der Waals surface area contributed by atoms with Crippen molar-refractivity contribution in [3.8, 4) is 6.07 Å². The van der Waals surface area contributed by atoms with Crippen LogP contribution in [0, 0.1) is 17.1 Å². The van der Waals surface area contributed by atoms with Gasteiger partial charge in [-0.15, -0.1) is 0 Å². The first-order chi connectivity index (χ1) is 27.5. The summed E-state index contributed by atoms with van der Waals surface area (Å²) in [4.78, 5) is 14.6. The van der Waals surface area contributed by atoms with Crippen LogP contribution >= 0.6 is 7.82 Å². The van der Waals surface area contributed by atoms with Gasteiger partial charge in [-0.2, -0.15) is 10.4 Å². The third-order valence-corrected chi connectivity index (χ3v) is 11.4. The van der Waals surface area contributed by atoms with E-state index in [-0.39, 0.29) is 24.6 Å². The molecule has 15 heteroatoms. The number of nitrogens with two attached hydrogens (primary N) is 1. The number of hydrogen-bond acceptors (Lipinski definition) is 11. The van der Waals surface area contributed by atoms with E-state index in [2.05, 4.69) is 29.2 Å². The molecule has 1 unspecified atom stereocenters. The molecule has 316 valence electrons. The summed E-state index contributed by atoms with van der Waals surface area (Å²) >= 11 is 0. The van der Waals surface area contributed by atoms with Gasteiger partial charge in [0.1, 0.15) is 41.6 Å². The fourth-order valence-corrected chi connectivity index (χ4v) is 7.97. The van der Waals surface area contributed by atoms with E-state index in [4.69, 9.17) is 24.3 Å². The van der Waals surface area contributed by atoms with Gasteiger partial charge in [0.25, 0.3) is 0 Å². The molecule has 0 amide bonds. The molecule has 0 saturated carbocycles. The highest BCUT2D eigenvalue weighted by Crippen LogP contribution is 2.48. The average Bonchev–Trinajstić information content (AvgIpc) is 3.72. The number of benzene rings is 1. The highest BCUT2D eigenvalue weighted by Gasteiger charge is 2.53. The molecule has 0 aliphatic carbocycles. The molecular formula is C42H63FN5O8P. The Balaban J connectivity index is 1.20. The second-order valence-electron chi connectivity index (χ2n) is 15.4. The quantitative estimate of drug-likeness (QED) is 0.0310. The number of ether oxygens (including phenoxy) is 2. The summed E-state index contributed by atoms with van der Waals surface area (Å²) in [5.74, 6) is -0.342. The Morgan fingerprint density at radius 2 is 1.65 bits per heavy atom. The molecule has 0 radical (unpaired) electrons. The first-order valence-corrected chi connectivity index (χ1v) is 22.2. The third-order valence-electron chi connectivity index (χ3n) is 10.5. The van der Waals surface area contributed by atoms with Crippen molar-refractivity contribution >= 4 is 19.2 Å². The molecule has 4 rings (SSSR count). The summed E-state index contributed by atoms with van der Waals surface area (Å²) < 4.78 is 51.4. The van der Waals surface area contributed by atoms with Crippen molar-refractivity contribution in [1.82, 2.24) is 14.6 Å². The molecule has 0 spiro atoms. The fourth-order valence-electron chi connectivity index (χ4n) is 7.12. The highest BCUT2D eigenvalue weighted by atomic mass is 31.2. The zero-order valence-corrected chi connectivity index (χ0v) is 34.5. The lowest BCUT2D eigenvalue weighted by Crippen LogP contribution is -2.44. The summed E-state index contributed by atoms with van der Waals surface area (Å²) in [5.41, 5.74) is 5.83. The molecule has 1 aliphatic heterocycles. The number of aliphatic hydroxyl groups excluding tert-OH is 2. The number of aliphatic hydroxyl groups is 2. The van der Waals surface area contributed by atoms with Crippen LogP contribution in [0.15, 0.2) is 48.8 Å². The molecule has 1 fully saturated rings. The molecule has 1 aromatic carbocycles. The van der Waals surface area contributed by atoms with E-state index in [0.29, 0.717) is 23.2 Å². The van der Waals surface area contributed by atoms with Crippen molar-refractivity contribution in [3.63, 3.8) is 0 Å².